The fraction of sp³-hybridized carbons (Fsp3) is 0.583. The molecule has 1 aliphatic carbocycles. The summed E-state index contributed by atoms with van der Waals surface area (Å²) in [5, 5.41) is 8.44. The molecule has 2 nitrogen and oxygen atoms in total. The van der Waals surface area contributed by atoms with Crippen LogP contribution in [0.3, 0.4) is 0 Å². The fourth-order valence-corrected chi connectivity index (χ4v) is 4.26. The lowest BCUT2D eigenvalue weighted by molar-refractivity contribution is 0.249. The highest BCUT2D eigenvalue weighted by Crippen LogP contribution is 2.34. The van der Waals surface area contributed by atoms with Gasteiger partial charge in [0.1, 0.15) is 0 Å². The second kappa shape index (κ2) is 9.85. The Balaban J connectivity index is 1.42. The van der Waals surface area contributed by atoms with Gasteiger partial charge >= 0.3 is 0 Å². The molecule has 140 valence electrons. The van der Waals surface area contributed by atoms with E-state index in [0.29, 0.717) is 0 Å². The van der Waals surface area contributed by atoms with Crippen LogP contribution in [0.2, 0.25) is 0 Å². The van der Waals surface area contributed by atoms with Gasteiger partial charge in [-0.15, -0.1) is 0 Å². The van der Waals surface area contributed by atoms with E-state index in [1.807, 2.05) is 13.0 Å². The summed E-state index contributed by atoms with van der Waals surface area (Å²) in [6.45, 7) is 4.27. The summed E-state index contributed by atoms with van der Waals surface area (Å²) >= 11 is 0. The fourth-order valence-electron chi connectivity index (χ4n) is 4.26. The number of aromatic nitrogens is 2. The lowest BCUT2D eigenvalue weighted by atomic mass is 9.78. The van der Waals surface area contributed by atoms with Crippen molar-refractivity contribution in [3.8, 4) is 11.3 Å². The highest BCUT2D eigenvalue weighted by Gasteiger charge is 2.20. The molecule has 1 aliphatic rings. The molecule has 1 fully saturated rings. The van der Waals surface area contributed by atoms with E-state index in [1.54, 1.807) is 0 Å². The quantitative estimate of drug-likeness (QED) is 0.491. The van der Waals surface area contributed by atoms with E-state index in [-0.39, 0.29) is 0 Å². The van der Waals surface area contributed by atoms with Crippen molar-refractivity contribution in [1.29, 1.82) is 0 Å². The zero-order chi connectivity index (χ0) is 18.2. The van der Waals surface area contributed by atoms with Crippen molar-refractivity contribution >= 4 is 0 Å². The van der Waals surface area contributed by atoms with Crippen molar-refractivity contribution in [3.05, 3.63) is 47.7 Å². The number of hydrogen-bond acceptors (Lipinski definition) is 2. The zero-order valence-electron chi connectivity index (χ0n) is 16.6. The molecule has 0 aliphatic heterocycles. The number of benzene rings is 1. The van der Waals surface area contributed by atoms with Crippen LogP contribution >= 0.6 is 0 Å². The number of nitrogens with zero attached hydrogens (tertiary/aromatic N) is 2. The topological polar surface area (TPSA) is 25.8 Å². The minimum Gasteiger partial charge on any atom is -0.155 e. The smallest absolute Gasteiger partial charge is 0.0929 e. The number of hydrogen-bond donors (Lipinski definition) is 0. The van der Waals surface area contributed by atoms with Gasteiger partial charge < -0.3 is 0 Å². The Morgan fingerprint density at radius 3 is 2.12 bits per heavy atom. The minimum absolute atomic E-state index is 0.945. The molecular formula is C24H34N2. The molecule has 0 amide bonds. The summed E-state index contributed by atoms with van der Waals surface area (Å²) < 4.78 is 0. The Morgan fingerprint density at radius 1 is 0.808 bits per heavy atom. The summed E-state index contributed by atoms with van der Waals surface area (Å²) in [6, 6.07) is 13.0. The Morgan fingerprint density at radius 2 is 1.50 bits per heavy atom. The summed E-state index contributed by atoms with van der Waals surface area (Å²) in [4.78, 5) is 0. The highest BCUT2D eigenvalue weighted by molar-refractivity contribution is 5.58. The zero-order valence-corrected chi connectivity index (χ0v) is 16.6. The molecule has 0 atom stereocenters. The highest BCUT2D eigenvalue weighted by atomic mass is 15.1. The van der Waals surface area contributed by atoms with E-state index < -0.39 is 0 Å². The van der Waals surface area contributed by atoms with E-state index >= 15 is 0 Å². The van der Waals surface area contributed by atoms with E-state index in [2.05, 4.69) is 47.5 Å². The standard InChI is InChI=1S/C24H34N2/c1-3-4-5-6-20-8-10-21(11-9-20)12-13-22-14-16-23(17-15-22)24-18-7-19(2)25-26-24/h7,14-18,20-21H,3-6,8-13H2,1-2H3. The number of rotatable bonds is 8. The maximum absolute atomic E-state index is 4.28. The molecule has 1 aromatic carbocycles. The van der Waals surface area contributed by atoms with Crippen molar-refractivity contribution in [2.45, 2.75) is 78.1 Å². The van der Waals surface area contributed by atoms with Crippen molar-refractivity contribution < 1.29 is 0 Å². The molecule has 26 heavy (non-hydrogen) atoms. The molecule has 0 radical (unpaired) electrons. The van der Waals surface area contributed by atoms with Crippen molar-refractivity contribution in [2.75, 3.05) is 0 Å². The third kappa shape index (κ3) is 5.65. The van der Waals surface area contributed by atoms with Gasteiger partial charge in [0.15, 0.2) is 0 Å². The van der Waals surface area contributed by atoms with Gasteiger partial charge in [-0.3, -0.25) is 0 Å². The number of aryl methyl sites for hydroxylation is 2. The lowest BCUT2D eigenvalue weighted by Gasteiger charge is -2.28. The van der Waals surface area contributed by atoms with Gasteiger partial charge in [0.2, 0.25) is 0 Å². The minimum atomic E-state index is 0.945. The summed E-state index contributed by atoms with van der Waals surface area (Å²) in [7, 11) is 0. The second-order valence-electron chi connectivity index (χ2n) is 8.18. The average Bonchev–Trinajstić information content (AvgIpc) is 2.69. The van der Waals surface area contributed by atoms with E-state index in [4.69, 9.17) is 0 Å². The molecular weight excluding hydrogens is 316 g/mol. The SMILES string of the molecule is CCCCCC1CCC(CCc2ccc(-c3ccc(C)nn3)cc2)CC1. The van der Waals surface area contributed by atoms with Crippen LogP contribution in [0.1, 0.15) is 76.0 Å². The third-order valence-corrected chi connectivity index (χ3v) is 6.07. The van der Waals surface area contributed by atoms with Crippen LogP contribution in [0.5, 0.6) is 0 Å². The molecule has 0 spiro atoms. The van der Waals surface area contributed by atoms with E-state index in [1.165, 1.54) is 69.8 Å². The first-order chi connectivity index (χ1) is 12.7. The summed E-state index contributed by atoms with van der Waals surface area (Å²) in [5.74, 6) is 1.97. The number of unbranched alkanes of at least 4 members (excludes halogenated alkanes) is 2. The molecule has 3 rings (SSSR count). The maximum Gasteiger partial charge on any atom is 0.0929 e. The van der Waals surface area contributed by atoms with Gasteiger partial charge in [-0.05, 0) is 49.3 Å². The van der Waals surface area contributed by atoms with Crippen molar-refractivity contribution in [1.82, 2.24) is 10.2 Å². The largest absolute Gasteiger partial charge is 0.155 e. The molecule has 0 N–H and O–H groups in total. The van der Waals surface area contributed by atoms with Gasteiger partial charge in [-0.2, -0.15) is 10.2 Å². The van der Waals surface area contributed by atoms with E-state index in [9.17, 15) is 0 Å². The van der Waals surface area contributed by atoms with Crippen LogP contribution < -0.4 is 0 Å². The molecule has 0 bridgehead atoms. The molecule has 2 aromatic rings. The molecule has 1 heterocycles. The van der Waals surface area contributed by atoms with Gasteiger partial charge in [0.05, 0.1) is 11.4 Å². The summed E-state index contributed by atoms with van der Waals surface area (Å²) in [5.41, 5.74) is 4.54. The maximum atomic E-state index is 4.28. The first-order valence-electron chi connectivity index (χ1n) is 10.6. The molecule has 1 aromatic heterocycles. The molecule has 1 saturated carbocycles. The normalized spacial score (nSPS) is 20.2. The van der Waals surface area contributed by atoms with Crippen LogP contribution in [0.15, 0.2) is 36.4 Å². The van der Waals surface area contributed by atoms with Gasteiger partial charge in [-0.25, -0.2) is 0 Å². The van der Waals surface area contributed by atoms with Crippen molar-refractivity contribution in [3.63, 3.8) is 0 Å². The Bertz CT molecular complexity index is 637. The van der Waals surface area contributed by atoms with Crippen LogP contribution in [0, 0.1) is 18.8 Å². The van der Waals surface area contributed by atoms with E-state index in [0.717, 1.165) is 28.8 Å². The average molecular weight is 351 g/mol. The summed E-state index contributed by atoms with van der Waals surface area (Å²) in [6.07, 6.45) is 14.1. The van der Waals surface area contributed by atoms with Gasteiger partial charge in [-0.1, -0.05) is 82.6 Å². The second-order valence-corrected chi connectivity index (χ2v) is 8.18. The Labute approximate surface area is 159 Å². The predicted octanol–water partition coefficient (Wildman–Crippen LogP) is 6.77. The monoisotopic (exact) mass is 350 g/mol. The van der Waals surface area contributed by atoms with Crippen molar-refractivity contribution in [2.24, 2.45) is 11.8 Å². The van der Waals surface area contributed by atoms with Crippen LogP contribution in [-0.2, 0) is 6.42 Å². The molecule has 0 unspecified atom stereocenters. The van der Waals surface area contributed by atoms with Crippen LogP contribution in [0.4, 0.5) is 0 Å². The van der Waals surface area contributed by atoms with Crippen LogP contribution in [-0.4, -0.2) is 10.2 Å². The first kappa shape index (κ1) is 19.1. The third-order valence-electron chi connectivity index (χ3n) is 6.07. The first-order valence-corrected chi connectivity index (χ1v) is 10.6. The Kier molecular flexibility index (Phi) is 7.22. The lowest BCUT2D eigenvalue weighted by Crippen LogP contribution is -2.15. The van der Waals surface area contributed by atoms with Gasteiger partial charge in [0, 0.05) is 5.56 Å². The van der Waals surface area contributed by atoms with Crippen LogP contribution in [0.25, 0.3) is 11.3 Å². The molecule has 2 heteroatoms. The van der Waals surface area contributed by atoms with Gasteiger partial charge in [0.25, 0.3) is 0 Å². The predicted molar refractivity (Wildman–Crippen MR) is 110 cm³/mol. The Hall–Kier alpha value is -1.70. The molecule has 0 saturated heterocycles.